The van der Waals surface area contributed by atoms with Gasteiger partial charge in [-0.3, -0.25) is 4.79 Å². The number of carbonyl (C=O) groups excluding carboxylic acids is 1. The molecule has 2 aromatic rings. The van der Waals surface area contributed by atoms with Gasteiger partial charge in [0.05, 0.1) is 11.1 Å². The average molecular weight is 328 g/mol. The maximum atomic E-state index is 12.9. The van der Waals surface area contributed by atoms with Gasteiger partial charge >= 0.3 is 0 Å². The molecule has 1 saturated heterocycles. The molecular weight excluding hydrogens is 304 g/mol. The van der Waals surface area contributed by atoms with Crippen LogP contribution in [0.3, 0.4) is 0 Å². The van der Waals surface area contributed by atoms with Crippen molar-refractivity contribution in [3.05, 3.63) is 35.7 Å². The Kier molecular flexibility index (Phi) is 4.94. The molecule has 128 valence electrons. The van der Waals surface area contributed by atoms with Crippen molar-refractivity contribution in [3.63, 3.8) is 0 Å². The number of aromatic nitrogens is 2. The fourth-order valence-corrected chi connectivity index (χ4v) is 3.08. The summed E-state index contributed by atoms with van der Waals surface area (Å²) in [6, 6.07) is 7.46. The second-order valence-corrected chi connectivity index (χ2v) is 6.62. The van der Waals surface area contributed by atoms with E-state index in [1.54, 1.807) is 0 Å². The predicted octanol–water partition coefficient (Wildman–Crippen LogP) is 2.54. The van der Waals surface area contributed by atoms with Crippen molar-refractivity contribution in [1.82, 2.24) is 20.4 Å². The Hall–Kier alpha value is -2.21. The lowest BCUT2D eigenvalue weighted by atomic mass is 10.1. The molecule has 0 saturated carbocycles. The number of nitrogens with zero attached hydrogens (tertiary/aromatic N) is 3. The standard InChI is InChI=1S/C18H24N4O2/c1-12(2)16-20-17(24-21-16)14-6-4-5-7-15(14)18(23)22-9-8-13(11-22)10-19-3/h4-7,12-13,19H,8-11H2,1-3H3. The smallest absolute Gasteiger partial charge is 0.258 e. The van der Waals surface area contributed by atoms with Crippen molar-refractivity contribution in [2.45, 2.75) is 26.2 Å². The molecule has 6 heteroatoms. The van der Waals surface area contributed by atoms with E-state index in [1.165, 1.54) is 0 Å². The topological polar surface area (TPSA) is 71.3 Å². The van der Waals surface area contributed by atoms with E-state index in [-0.39, 0.29) is 11.8 Å². The van der Waals surface area contributed by atoms with Crippen LogP contribution in [0.4, 0.5) is 0 Å². The highest BCUT2D eigenvalue weighted by Crippen LogP contribution is 2.26. The molecule has 1 atom stereocenters. The molecule has 1 N–H and O–H groups in total. The van der Waals surface area contributed by atoms with Crippen molar-refractivity contribution < 1.29 is 9.32 Å². The number of rotatable bonds is 5. The number of benzene rings is 1. The van der Waals surface area contributed by atoms with E-state index >= 15 is 0 Å². The SMILES string of the molecule is CNCC1CCN(C(=O)c2ccccc2-c2nc(C(C)C)no2)C1. The van der Waals surface area contributed by atoms with Crippen LogP contribution in [-0.4, -0.2) is 47.6 Å². The first-order chi connectivity index (χ1) is 11.6. The van der Waals surface area contributed by atoms with Crippen molar-refractivity contribution >= 4 is 5.91 Å². The quantitative estimate of drug-likeness (QED) is 0.913. The summed E-state index contributed by atoms with van der Waals surface area (Å²) in [6.07, 6.45) is 1.03. The molecule has 1 aromatic heterocycles. The van der Waals surface area contributed by atoms with Crippen molar-refractivity contribution in [1.29, 1.82) is 0 Å². The number of amides is 1. The molecule has 2 heterocycles. The Morgan fingerprint density at radius 3 is 2.92 bits per heavy atom. The molecule has 0 aliphatic carbocycles. The molecule has 0 radical (unpaired) electrons. The third kappa shape index (κ3) is 3.33. The minimum atomic E-state index is 0.0356. The van der Waals surface area contributed by atoms with Crippen molar-refractivity contribution in [2.24, 2.45) is 5.92 Å². The normalized spacial score (nSPS) is 17.7. The summed E-state index contributed by atoms with van der Waals surface area (Å²) in [7, 11) is 1.95. The van der Waals surface area contributed by atoms with E-state index in [0.29, 0.717) is 28.8 Å². The minimum Gasteiger partial charge on any atom is -0.338 e. The third-order valence-corrected chi connectivity index (χ3v) is 4.41. The molecule has 1 fully saturated rings. The van der Waals surface area contributed by atoms with Gasteiger partial charge in [0, 0.05) is 19.0 Å². The number of hydrogen-bond acceptors (Lipinski definition) is 5. The number of carbonyl (C=O) groups is 1. The Morgan fingerprint density at radius 2 is 2.21 bits per heavy atom. The monoisotopic (exact) mass is 328 g/mol. The molecule has 0 bridgehead atoms. The second kappa shape index (κ2) is 7.13. The van der Waals surface area contributed by atoms with E-state index in [1.807, 2.05) is 50.1 Å². The summed E-state index contributed by atoms with van der Waals surface area (Å²) in [5.74, 6) is 1.80. The molecule has 24 heavy (non-hydrogen) atoms. The first kappa shape index (κ1) is 16.6. The summed E-state index contributed by atoms with van der Waals surface area (Å²) >= 11 is 0. The summed E-state index contributed by atoms with van der Waals surface area (Å²) in [5, 5.41) is 7.20. The van der Waals surface area contributed by atoms with Crippen LogP contribution in [0.2, 0.25) is 0 Å². The maximum Gasteiger partial charge on any atom is 0.258 e. The van der Waals surface area contributed by atoms with Crippen LogP contribution in [-0.2, 0) is 0 Å². The van der Waals surface area contributed by atoms with E-state index in [0.717, 1.165) is 26.1 Å². The summed E-state index contributed by atoms with van der Waals surface area (Å²) in [6.45, 7) is 6.54. The van der Waals surface area contributed by atoms with E-state index in [4.69, 9.17) is 4.52 Å². The van der Waals surface area contributed by atoms with Gasteiger partial charge in [0.25, 0.3) is 11.8 Å². The zero-order chi connectivity index (χ0) is 17.1. The Labute approximate surface area is 142 Å². The molecule has 0 spiro atoms. The molecule has 1 aromatic carbocycles. The Morgan fingerprint density at radius 1 is 1.42 bits per heavy atom. The second-order valence-electron chi connectivity index (χ2n) is 6.62. The van der Waals surface area contributed by atoms with Gasteiger partial charge in [-0.1, -0.05) is 31.1 Å². The minimum absolute atomic E-state index is 0.0356. The molecule has 1 unspecified atom stereocenters. The van der Waals surface area contributed by atoms with Gasteiger partial charge in [-0.15, -0.1) is 0 Å². The van der Waals surface area contributed by atoms with E-state index < -0.39 is 0 Å². The van der Waals surface area contributed by atoms with E-state index in [9.17, 15) is 4.79 Å². The van der Waals surface area contributed by atoms with Gasteiger partial charge in [-0.2, -0.15) is 4.98 Å². The zero-order valence-electron chi connectivity index (χ0n) is 14.5. The van der Waals surface area contributed by atoms with Gasteiger partial charge in [-0.05, 0) is 38.1 Å². The van der Waals surface area contributed by atoms with Crippen LogP contribution >= 0.6 is 0 Å². The fourth-order valence-electron chi connectivity index (χ4n) is 3.08. The maximum absolute atomic E-state index is 12.9. The highest BCUT2D eigenvalue weighted by molar-refractivity contribution is 6.00. The van der Waals surface area contributed by atoms with E-state index in [2.05, 4.69) is 15.5 Å². The van der Waals surface area contributed by atoms with Gasteiger partial charge in [0.2, 0.25) is 0 Å². The van der Waals surface area contributed by atoms with Crippen LogP contribution in [0, 0.1) is 5.92 Å². The largest absolute Gasteiger partial charge is 0.338 e. The molecule has 6 nitrogen and oxygen atoms in total. The number of hydrogen-bond donors (Lipinski definition) is 1. The van der Waals surface area contributed by atoms with Crippen LogP contribution in [0.25, 0.3) is 11.5 Å². The van der Waals surface area contributed by atoms with Gasteiger partial charge in [-0.25, -0.2) is 0 Å². The van der Waals surface area contributed by atoms with Crippen molar-refractivity contribution in [3.8, 4) is 11.5 Å². The van der Waals surface area contributed by atoms with Crippen LogP contribution in [0.5, 0.6) is 0 Å². The van der Waals surface area contributed by atoms with Gasteiger partial charge in [0.15, 0.2) is 5.82 Å². The Bertz CT molecular complexity index is 711. The van der Waals surface area contributed by atoms with Gasteiger partial charge < -0.3 is 14.7 Å². The molecule has 1 amide bonds. The first-order valence-corrected chi connectivity index (χ1v) is 8.47. The summed E-state index contributed by atoms with van der Waals surface area (Å²) in [5.41, 5.74) is 1.33. The molecule has 3 rings (SSSR count). The lowest BCUT2D eigenvalue weighted by Gasteiger charge is -2.17. The first-order valence-electron chi connectivity index (χ1n) is 8.47. The van der Waals surface area contributed by atoms with Crippen LogP contribution < -0.4 is 5.32 Å². The Balaban J connectivity index is 1.85. The fraction of sp³-hybridized carbons (Fsp3) is 0.500. The molecule has 1 aliphatic heterocycles. The summed E-state index contributed by atoms with van der Waals surface area (Å²) in [4.78, 5) is 19.3. The zero-order valence-corrected chi connectivity index (χ0v) is 14.5. The summed E-state index contributed by atoms with van der Waals surface area (Å²) < 4.78 is 5.38. The highest BCUT2D eigenvalue weighted by atomic mass is 16.5. The van der Waals surface area contributed by atoms with Gasteiger partial charge in [0.1, 0.15) is 0 Å². The number of likely N-dealkylation sites (tertiary alicyclic amines) is 1. The number of nitrogens with one attached hydrogen (secondary N) is 1. The van der Waals surface area contributed by atoms with Crippen LogP contribution in [0.1, 0.15) is 42.4 Å². The predicted molar refractivity (Wildman–Crippen MR) is 91.8 cm³/mol. The molecule has 1 aliphatic rings. The lowest BCUT2D eigenvalue weighted by Crippen LogP contribution is -2.30. The van der Waals surface area contributed by atoms with Crippen molar-refractivity contribution in [2.75, 3.05) is 26.7 Å². The highest BCUT2D eigenvalue weighted by Gasteiger charge is 2.28. The third-order valence-electron chi connectivity index (χ3n) is 4.41. The van der Waals surface area contributed by atoms with Crippen LogP contribution in [0.15, 0.2) is 28.8 Å². The molecular formula is C18H24N4O2. The average Bonchev–Trinajstić information content (AvgIpc) is 3.24. The lowest BCUT2D eigenvalue weighted by molar-refractivity contribution is 0.0787.